The molecule has 0 aliphatic heterocycles. The molecule has 2 aromatic rings. The van der Waals surface area contributed by atoms with Crippen molar-refractivity contribution >= 4 is 10.9 Å². The average molecular weight is 258 g/mol. The number of nitrogens with zero attached hydrogens (tertiary/aromatic N) is 1. The molecule has 0 unspecified atom stereocenters. The van der Waals surface area contributed by atoms with Crippen molar-refractivity contribution in [3.63, 3.8) is 0 Å². The molecule has 3 nitrogen and oxygen atoms in total. The summed E-state index contributed by atoms with van der Waals surface area (Å²) in [5.74, 6) is 0. The van der Waals surface area contributed by atoms with Crippen LogP contribution in [0.2, 0.25) is 0 Å². The van der Waals surface area contributed by atoms with Gasteiger partial charge in [-0.3, -0.25) is 4.79 Å². The van der Waals surface area contributed by atoms with Gasteiger partial charge in [0.25, 0.3) is 5.56 Å². The van der Waals surface area contributed by atoms with Crippen molar-refractivity contribution in [2.24, 2.45) is 0 Å². The Balaban J connectivity index is 2.00. The molecule has 102 valence electrons. The first-order chi connectivity index (χ1) is 9.33. The number of benzene rings is 1. The van der Waals surface area contributed by atoms with Gasteiger partial charge in [0.15, 0.2) is 0 Å². The zero-order valence-electron chi connectivity index (χ0n) is 11.6. The van der Waals surface area contributed by atoms with Crippen LogP contribution in [-0.4, -0.2) is 17.7 Å². The van der Waals surface area contributed by atoms with Crippen LogP contribution in [0.25, 0.3) is 10.9 Å². The van der Waals surface area contributed by atoms with Crippen molar-refractivity contribution in [3.8, 4) is 0 Å². The first kappa shape index (κ1) is 13.8. The largest absolute Gasteiger partial charge is 0.317 e. The molecular weight excluding hydrogens is 236 g/mol. The Labute approximate surface area is 114 Å². The van der Waals surface area contributed by atoms with Crippen molar-refractivity contribution in [2.45, 2.75) is 32.7 Å². The Morgan fingerprint density at radius 1 is 1.05 bits per heavy atom. The molecule has 0 saturated heterocycles. The molecule has 1 N–H and O–H groups in total. The van der Waals surface area contributed by atoms with E-state index >= 15 is 0 Å². The number of aromatic nitrogens is 1. The van der Waals surface area contributed by atoms with E-state index in [1.54, 1.807) is 6.07 Å². The summed E-state index contributed by atoms with van der Waals surface area (Å²) in [7, 11) is 0. The molecule has 0 saturated carbocycles. The van der Waals surface area contributed by atoms with Gasteiger partial charge in [-0.05, 0) is 49.9 Å². The SMILES string of the molecule is CCCNCCCCn1c(=O)ccc2ccccc21. The number of hydrogen-bond acceptors (Lipinski definition) is 2. The topological polar surface area (TPSA) is 34.0 Å². The third-order valence-corrected chi connectivity index (χ3v) is 3.31. The van der Waals surface area contributed by atoms with Crippen molar-refractivity contribution in [1.29, 1.82) is 0 Å². The van der Waals surface area contributed by atoms with Gasteiger partial charge in [-0.15, -0.1) is 0 Å². The lowest BCUT2D eigenvalue weighted by Crippen LogP contribution is -2.21. The van der Waals surface area contributed by atoms with Crippen LogP contribution in [0.1, 0.15) is 26.2 Å². The second kappa shape index (κ2) is 7.10. The van der Waals surface area contributed by atoms with E-state index in [-0.39, 0.29) is 5.56 Å². The van der Waals surface area contributed by atoms with Gasteiger partial charge in [0, 0.05) is 12.6 Å². The maximum atomic E-state index is 11.9. The predicted molar refractivity (Wildman–Crippen MR) is 80.6 cm³/mol. The Morgan fingerprint density at radius 2 is 1.89 bits per heavy atom. The highest BCUT2D eigenvalue weighted by molar-refractivity contribution is 5.78. The molecule has 0 aliphatic rings. The summed E-state index contributed by atoms with van der Waals surface area (Å²) >= 11 is 0. The molecule has 1 aromatic heterocycles. The Morgan fingerprint density at radius 3 is 2.74 bits per heavy atom. The number of aryl methyl sites for hydroxylation is 1. The lowest BCUT2D eigenvalue weighted by Gasteiger charge is -2.10. The van der Waals surface area contributed by atoms with E-state index in [9.17, 15) is 4.79 Å². The lowest BCUT2D eigenvalue weighted by molar-refractivity contribution is 0.567. The first-order valence-corrected chi connectivity index (χ1v) is 7.12. The zero-order valence-corrected chi connectivity index (χ0v) is 11.6. The van der Waals surface area contributed by atoms with E-state index in [4.69, 9.17) is 0 Å². The van der Waals surface area contributed by atoms with Crippen molar-refractivity contribution in [3.05, 3.63) is 46.8 Å². The van der Waals surface area contributed by atoms with Crippen LogP contribution in [0.5, 0.6) is 0 Å². The number of unbranched alkanes of at least 4 members (excludes halogenated alkanes) is 1. The summed E-state index contributed by atoms with van der Waals surface area (Å²) < 4.78 is 1.88. The quantitative estimate of drug-likeness (QED) is 0.775. The first-order valence-electron chi connectivity index (χ1n) is 7.12. The van der Waals surface area contributed by atoms with E-state index in [1.807, 2.05) is 34.9 Å². The fourth-order valence-corrected chi connectivity index (χ4v) is 2.30. The normalized spacial score (nSPS) is 11.0. The van der Waals surface area contributed by atoms with E-state index in [2.05, 4.69) is 12.2 Å². The zero-order chi connectivity index (χ0) is 13.5. The monoisotopic (exact) mass is 258 g/mol. The number of pyridine rings is 1. The van der Waals surface area contributed by atoms with Crippen LogP contribution in [0, 0.1) is 0 Å². The van der Waals surface area contributed by atoms with Gasteiger partial charge >= 0.3 is 0 Å². The summed E-state index contributed by atoms with van der Waals surface area (Å²) in [5.41, 5.74) is 1.14. The number of hydrogen-bond donors (Lipinski definition) is 1. The second-order valence-electron chi connectivity index (χ2n) is 4.84. The van der Waals surface area contributed by atoms with Gasteiger partial charge in [-0.25, -0.2) is 0 Å². The average Bonchev–Trinajstić information content (AvgIpc) is 2.44. The Kier molecular flexibility index (Phi) is 5.16. The summed E-state index contributed by atoms with van der Waals surface area (Å²) in [6, 6.07) is 11.6. The van der Waals surface area contributed by atoms with Gasteiger partial charge in [0.05, 0.1) is 5.52 Å². The fraction of sp³-hybridized carbons (Fsp3) is 0.438. The van der Waals surface area contributed by atoms with Crippen LogP contribution in [0.15, 0.2) is 41.2 Å². The van der Waals surface area contributed by atoms with E-state index in [0.717, 1.165) is 43.4 Å². The molecule has 0 spiro atoms. The predicted octanol–water partition coefficient (Wildman–Crippen LogP) is 2.78. The molecule has 0 bridgehead atoms. The molecule has 0 atom stereocenters. The van der Waals surface area contributed by atoms with Crippen LogP contribution in [0.3, 0.4) is 0 Å². The van der Waals surface area contributed by atoms with E-state index < -0.39 is 0 Å². The van der Waals surface area contributed by atoms with Crippen molar-refractivity contribution in [2.75, 3.05) is 13.1 Å². The standard InChI is InChI=1S/C16H22N2O/c1-2-11-17-12-5-6-13-18-15-8-4-3-7-14(15)9-10-16(18)19/h3-4,7-10,17H,2,5-6,11-13H2,1H3. The minimum atomic E-state index is 0.0974. The molecule has 0 aliphatic carbocycles. The Bertz CT molecular complexity index is 574. The minimum Gasteiger partial charge on any atom is -0.317 e. The number of fused-ring (bicyclic) bond motifs is 1. The van der Waals surface area contributed by atoms with E-state index in [1.165, 1.54) is 6.42 Å². The van der Waals surface area contributed by atoms with E-state index in [0.29, 0.717) is 0 Å². The summed E-state index contributed by atoms with van der Waals surface area (Å²) in [5, 5.41) is 4.52. The molecular formula is C16H22N2O. The van der Waals surface area contributed by atoms with Gasteiger partial charge in [0.2, 0.25) is 0 Å². The van der Waals surface area contributed by atoms with Crippen molar-refractivity contribution in [1.82, 2.24) is 9.88 Å². The molecule has 2 rings (SSSR count). The summed E-state index contributed by atoms with van der Waals surface area (Å²) in [4.78, 5) is 11.9. The number of para-hydroxylation sites is 1. The summed E-state index contributed by atoms with van der Waals surface area (Å²) in [6.45, 7) is 5.08. The molecule has 0 fully saturated rings. The molecule has 0 amide bonds. The molecule has 1 aromatic carbocycles. The highest BCUT2D eigenvalue weighted by Crippen LogP contribution is 2.11. The lowest BCUT2D eigenvalue weighted by atomic mass is 10.2. The van der Waals surface area contributed by atoms with Crippen molar-refractivity contribution < 1.29 is 0 Å². The second-order valence-corrected chi connectivity index (χ2v) is 4.84. The fourth-order valence-electron chi connectivity index (χ4n) is 2.30. The van der Waals surface area contributed by atoms with Gasteiger partial charge < -0.3 is 9.88 Å². The van der Waals surface area contributed by atoms with Gasteiger partial charge in [-0.1, -0.05) is 25.1 Å². The maximum Gasteiger partial charge on any atom is 0.251 e. The third-order valence-electron chi connectivity index (χ3n) is 3.31. The molecule has 0 radical (unpaired) electrons. The van der Waals surface area contributed by atoms with Gasteiger partial charge in [-0.2, -0.15) is 0 Å². The summed E-state index contributed by atoms with van der Waals surface area (Å²) in [6.07, 6.45) is 3.31. The van der Waals surface area contributed by atoms with Crippen LogP contribution in [-0.2, 0) is 6.54 Å². The number of rotatable bonds is 7. The van der Waals surface area contributed by atoms with Crippen LogP contribution in [0.4, 0.5) is 0 Å². The molecule has 19 heavy (non-hydrogen) atoms. The highest BCUT2D eigenvalue weighted by atomic mass is 16.1. The Hall–Kier alpha value is -1.61. The van der Waals surface area contributed by atoms with Crippen LogP contribution >= 0.6 is 0 Å². The number of nitrogens with one attached hydrogen (secondary N) is 1. The smallest absolute Gasteiger partial charge is 0.251 e. The molecule has 1 heterocycles. The maximum absolute atomic E-state index is 11.9. The van der Waals surface area contributed by atoms with Crippen LogP contribution < -0.4 is 10.9 Å². The third kappa shape index (κ3) is 3.67. The molecule has 3 heteroatoms. The highest BCUT2D eigenvalue weighted by Gasteiger charge is 2.01. The minimum absolute atomic E-state index is 0.0974. The van der Waals surface area contributed by atoms with Gasteiger partial charge in [0.1, 0.15) is 0 Å².